The van der Waals surface area contributed by atoms with Crippen LogP contribution in [0.25, 0.3) is 0 Å². The van der Waals surface area contributed by atoms with Crippen molar-refractivity contribution in [2.45, 2.75) is 43.0 Å². The van der Waals surface area contributed by atoms with Crippen LogP contribution in [0.5, 0.6) is 0 Å². The first-order valence-corrected chi connectivity index (χ1v) is 5.99. The molecule has 0 aromatic heterocycles. The molecule has 0 aromatic rings. The topological polar surface area (TPSA) is 63.6 Å². The summed E-state index contributed by atoms with van der Waals surface area (Å²) in [6, 6.07) is 0. The molecule has 168 valence electrons. The molecule has 28 heavy (non-hydrogen) atoms. The highest BCUT2D eigenvalue weighted by atomic mass is 19.4. The molecule has 0 aromatic carbocycles. The van der Waals surface area contributed by atoms with E-state index in [4.69, 9.17) is 5.11 Å². The number of alkyl halides is 14. The number of ether oxygens (including phenoxy) is 1. The fraction of sp³-hybridized carbons (Fsp3) is 0.800. The number of rotatable bonds is 4. The molecule has 0 heterocycles. The van der Waals surface area contributed by atoms with Gasteiger partial charge in [0.2, 0.25) is 0 Å². The molecule has 0 aliphatic carbocycles. The van der Waals surface area contributed by atoms with E-state index >= 15 is 0 Å². The van der Waals surface area contributed by atoms with Gasteiger partial charge in [-0.15, -0.1) is 0 Å². The van der Waals surface area contributed by atoms with Crippen molar-refractivity contribution in [2.75, 3.05) is 6.61 Å². The molecule has 0 spiro atoms. The molecule has 0 amide bonds. The fourth-order valence-corrected chi connectivity index (χ4v) is 0.825. The largest absolute Gasteiger partial charge is 0.460 e. The van der Waals surface area contributed by atoms with Crippen LogP contribution >= 0.6 is 0 Å². The number of carbonyl (C=O) groups excluding carboxylic acids is 2. The van der Waals surface area contributed by atoms with Crippen molar-refractivity contribution in [1.82, 2.24) is 0 Å². The minimum absolute atomic E-state index is 0.250. The summed E-state index contributed by atoms with van der Waals surface area (Å²) in [5, 5.41) is 7.57. The number of aliphatic hydroxyl groups is 1. The normalized spacial score (nSPS) is 14.1. The zero-order valence-electron chi connectivity index (χ0n) is 12.7. The second-order valence-corrected chi connectivity index (χ2v) is 4.29. The van der Waals surface area contributed by atoms with Crippen molar-refractivity contribution >= 4 is 11.9 Å². The van der Waals surface area contributed by atoms with Gasteiger partial charge in [-0.05, 0) is 6.92 Å². The molecular formula is C10H6F14O4. The van der Waals surface area contributed by atoms with Crippen molar-refractivity contribution in [3.05, 3.63) is 0 Å². The molecule has 0 atom stereocenters. The Balaban J connectivity index is 0. The molecule has 0 saturated heterocycles. The van der Waals surface area contributed by atoms with Gasteiger partial charge < -0.3 is 9.84 Å². The molecule has 0 bridgehead atoms. The average Bonchev–Trinajstić information content (AvgIpc) is 2.44. The maximum Gasteiger partial charge on any atom is 0.460 e. The first-order valence-electron chi connectivity index (χ1n) is 5.99. The minimum Gasteiger partial charge on any atom is -0.397 e. The maximum atomic E-state index is 12.6. The first kappa shape index (κ1) is 28.3. The highest BCUT2D eigenvalue weighted by molar-refractivity contribution is 5.93. The van der Waals surface area contributed by atoms with Crippen LogP contribution in [-0.2, 0) is 14.3 Å². The third-order valence-electron chi connectivity index (χ3n) is 2.20. The average molecular weight is 456 g/mol. The molecular weight excluding hydrogens is 450 g/mol. The van der Waals surface area contributed by atoms with Gasteiger partial charge in [0.15, 0.2) is 0 Å². The Kier molecular flexibility index (Phi) is 8.33. The van der Waals surface area contributed by atoms with Gasteiger partial charge in [0.25, 0.3) is 0 Å². The Morgan fingerprint density at radius 3 is 0.964 bits per heavy atom. The Hall–Kier alpha value is -1.88. The lowest BCUT2D eigenvalue weighted by molar-refractivity contribution is -0.354. The van der Waals surface area contributed by atoms with Gasteiger partial charge in [-0.1, -0.05) is 0 Å². The van der Waals surface area contributed by atoms with Crippen molar-refractivity contribution in [3.63, 3.8) is 0 Å². The van der Waals surface area contributed by atoms with E-state index in [1.807, 2.05) is 4.74 Å². The second kappa shape index (κ2) is 8.24. The summed E-state index contributed by atoms with van der Waals surface area (Å²) in [6.07, 6.45) is -14.4. The maximum absolute atomic E-state index is 12.6. The van der Waals surface area contributed by atoms with E-state index < -0.39 is 48.0 Å². The lowest BCUT2D eigenvalue weighted by Gasteiger charge is -2.28. The van der Waals surface area contributed by atoms with Crippen LogP contribution in [0.1, 0.15) is 6.92 Å². The zero-order chi connectivity index (χ0) is 23.6. The lowest BCUT2D eigenvalue weighted by atomic mass is 10.1. The van der Waals surface area contributed by atoms with Gasteiger partial charge in [-0.2, -0.15) is 61.5 Å². The fourth-order valence-electron chi connectivity index (χ4n) is 0.825. The second-order valence-electron chi connectivity index (χ2n) is 4.29. The molecule has 0 rings (SSSR count). The molecule has 0 aliphatic rings. The third-order valence-corrected chi connectivity index (χ3v) is 2.20. The van der Waals surface area contributed by atoms with Crippen molar-refractivity contribution in [3.8, 4) is 0 Å². The summed E-state index contributed by atoms with van der Waals surface area (Å²) < 4.78 is 172. The van der Waals surface area contributed by atoms with Crippen LogP contribution < -0.4 is 0 Å². The van der Waals surface area contributed by atoms with E-state index in [2.05, 4.69) is 0 Å². The van der Waals surface area contributed by atoms with Crippen LogP contribution in [-0.4, -0.2) is 59.7 Å². The highest BCUT2D eigenvalue weighted by Crippen LogP contribution is 2.49. The Labute approximate surface area is 144 Å². The summed E-state index contributed by atoms with van der Waals surface area (Å²) in [4.78, 5) is 20.7. The summed E-state index contributed by atoms with van der Waals surface area (Å²) in [5.41, 5.74) is 0. The number of carbonyl (C=O) groups is 2. The van der Waals surface area contributed by atoms with E-state index in [0.717, 1.165) is 0 Å². The van der Waals surface area contributed by atoms with Crippen LogP contribution in [0.4, 0.5) is 61.5 Å². The molecule has 18 heteroatoms. The zero-order valence-corrected chi connectivity index (χ0v) is 12.7. The molecule has 0 unspecified atom stereocenters. The van der Waals surface area contributed by atoms with Gasteiger partial charge in [0, 0.05) is 6.61 Å². The lowest BCUT2D eigenvalue weighted by Crippen LogP contribution is -2.60. The van der Waals surface area contributed by atoms with Crippen molar-refractivity contribution < 1.29 is 80.9 Å². The number of hydrogen-bond acceptors (Lipinski definition) is 4. The monoisotopic (exact) mass is 456 g/mol. The molecule has 1 N–H and O–H groups in total. The van der Waals surface area contributed by atoms with Crippen molar-refractivity contribution in [2.24, 2.45) is 0 Å². The van der Waals surface area contributed by atoms with Crippen molar-refractivity contribution in [1.29, 1.82) is 0 Å². The predicted octanol–water partition coefficient (Wildman–Crippen LogP) is 3.72. The minimum atomic E-state index is -7.33. The van der Waals surface area contributed by atoms with Crippen LogP contribution in [0.3, 0.4) is 0 Å². The van der Waals surface area contributed by atoms with Gasteiger partial charge in [0.1, 0.15) is 0 Å². The Morgan fingerprint density at radius 1 is 0.643 bits per heavy atom. The Bertz CT molecular complexity index is 513. The van der Waals surface area contributed by atoms with E-state index in [-0.39, 0.29) is 6.61 Å². The molecule has 0 aliphatic heterocycles. The molecule has 0 radical (unpaired) electrons. The first-order chi connectivity index (χ1) is 12.0. The summed E-state index contributed by atoms with van der Waals surface area (Å²) in [7, 11) is 0. The van der Waals surface area contributed by atoms with Crippen LogP contribution in [0.2, 0.25) is 0 Å². The van der Waals surface area contributed by atoms with E-state index in [0.29, 0.717) is 0 Å². The van der Waals surface area contributed by atoms with E-state index in [1.54, 1.807) is 6.92 Å². The van der Waals surface area contributed by atoms with Gasteiger partial charge in [-0.3, -0.25) is 0 Å². The molecule has 0 saturated carbocycles. The number of hydrogen-bond donors (Lipinski definition) is 1. The third kappa shape index (κ3) is 5.13. The van der Waals surface area contributed by atoms with Crippen LogP contribution in [0.15, 0.2) is 0 Å². The quantitative estimate of drug-likeness (QED) is 0.398. The Morgan fingerprint density at radius 2 is 0.821 bits per heavy atom. The summed E-state index contributed by atoms with van der Waals surface area (Å²) in [6.45, 7) is 1.93. The van der Waals surface area contributed by atoms with E-state index in [9.17, 15) is 71.1 Å². The summed E-state index contributed by atoms with van der Waals surface area (Å²) in [5.74, 6) is -37.7. The van der Waals surface area contributed by atoms with Gasteiger partial charge in [0.05, 0.1) is 0 Å². The number of aliphatic hydroxyl groups excluding tert-OH is 1. The predicted molar refractivity (Wildman–Crippen MR) is 55.8 cm³/mol. The summed E-state index contributed by atoms with van der Waals surface area (Å²) >= 11 is 0. The standard InChI is InChI=1S/C8F14O3.C2H6O/c9-3(10,5(13,14)7(17,18)19)1(23)25-2(24)4(11,12)6(15,16)8(20,21)22;1-2-3/h;3H,2H2,1H3. The SMILES string of the molecule is CCO.O=C(OC(=O)C(F)(F)C(F)(F)C(F)(F)F)C(F)(F)C(F)(F)C(F)(F)F. The molecule has 4 nitrogen and oxygen atoms in total. The van der Waals surface area contributed by atoms with Gasteiger partial charge >= 0.3 is 48.0 Å². The van der Waals surface area contributed by atoms with E-state index in [1.165, 1.54) is 0 Å². The molecule has 0 fully saturated rings. The number of halogens is 14. The number of esters is 2. The smallest absolute Gasteiger partial charge is 0.397 e. The van der Waals surface area contributed by atoms with Crippen LogP contribution in [0, 0.1) is 0 Å². The van der Waals surface area contributed by atoms with Gasteiger partial charge in [-0.25, -0.2) is 9.59 Å². The highest BCUT2D eigenvalue weighted by Gasteiger charge is 2.80.